The van der Waals surface area contributed by atoms with Crippen molar-refractivity contribution in [1.29, 1.82) is 0 Å². The molecule has 1 unspecified atom stereocenters. The van der Waals surface area contributed by atoms with Crippen molar-refractivity contribution in [2.24, 2.45) is 0 Å². The highest BCUT2D eigenvalue weighted by molar-refractivity contribution is 8.00. The van der Waals surface area contributed by atoms with Crippen LogP contribution in [0.2, 0.25) is 0 Å². The van der Waals surface area contributed by atoms with E-state index in [1.54, 1.807) is 28.9 Å². The number of carbonyl (C=O) groups is 1. The topological polar surface area (TPSA) is 61.2 Å². The van der Waals surface area contributed by atoms with E-state index < -0.39 is 5.25 Å². The minimum absolute atomic E-state index is 0.0335. The van der Waals surface area contributed by atoms with E-state index >= 15 is 0 Å². The molecule has 122 valence electrons. The maximum absolute atomic E-state index is 12.9. The third kappa shape index (κ3) is 2.83. The Labute approximate surface area is 142 Å². The Morgan fingerprint density at radius 1 is 1.57 bits per heavy atom. The van der Waals surface area contributed by atoms with E-state index in [2.05, 4.69) is 11.6 Å². The first-order chi connectivity index (χ1) is 11.1. The minimum atomic E-state index is -0.424. The Hall–Kier alpha value is -1.60. The van der Waals surface area contributed by atoms with Gasteiger partial charge in [0.25, 0.3) is 5.56 Å². The maximum atomic E-state index is 12.9. The summed E-state index contributed by atoms with van der Waals surface area (Å²) in [6, 6.07) is 0. The van der Waals surface area contributed by atoms with Crippen LogP contribution in [0, 0.1) is 0 Å². The van der Waals surface area contributed by atoms with Crippen LogP contribution >= 0.6 is 23.1 Å². The summed E-state index contributed by atoms with van der Waals surface area (Å²) in [6.07, 6.45) is 4.76. The average molecular weight is 350 g/mol. The highest BCUT2D eigenvalue weighted by Gasteiger charge is 2.24. The van der Waals surface area contributed by atoms with Gasteiger partial charge in [-0.15, -0.1) is 17.9 Å². The van der Waals surface area contributed by atoms with Crippen LogP contribution in [0.25, 0.3) is 10.2 Å². The van der Waals surface area contributed by atoms with Crippen LogP contribution in [0.3, 0.4) is 0 Å². The SMILES string of the molecule is C=CCn1c(SC(C)C(=O)OC)nc2sc3c(c2c1=O)CCC3. The van der Waals surface area contributed by atoms with Crippen LogP contribution in [0.1, 0.15) is 23.8 Å². The average Bonchev–Trinajstić information content (AvgIpc) is 3.10. The zero-order valence-corrected chi connectivity index (χ0v) is 14.8. The quantitative estimate of drug-likeness (QED) is 0.359. The van der Waals surface area contributed by atoms with Crippen LogP contribution in [0.4, 0.5) is 0 Å². The fraction of sp³-hybridized carbons (Fsp3) is 0.438. The molecule has 0 N–H and O–H groups in total. The molecule has 3 rings (SSSR count). The summed E-state index contributed by atoms with van der Waals surface area (Å²) in [4.78, 5) is 31.3. The molecule has 0 spiro atoms. The second-order valence-corrected chi connectivity index (χ2v) is 7.81. The first-order valence-corrected chi connectivity index (χ1v) is 9.17. The minimum Gasteiger partial charge on any atom is -0.468 e. The first kappa shape index (κ1) is 16.3. The van der Waals surface area contributed by atoms with Crippen LogP contribution in [-0.2, 0) is 28.9 Å². The standard InChI is InChI=1S/C16H18N2O3S2/c1-4-8-18-14(19)12-10-6-5-7-11(10)23-13(12)17-16(18)22-9(2)15(20)21-3/h4,9H,1,5-8H2,2-3H3. The largest absolute Gasteiger partial charge is 0.468 e. The number of carbonyl (C=O) groups excluding carboxylic acids is 1. The number of rotatable bonds is 5. The number of thiophene rings is 1. The van der Waals surface area contributed by atoms with Gasteiger partial charge in [-0.1, -0.05) is 17.8 Å². The Balaban J connectivity index is 2.13. The normalized spacial score (nSPS) is 14.7. The van der Waals surface area contributed by atoms with E-state index in [4.69, 9.17) is 4.74 Å². The molecule has 0 amide bonds. The Morgan fingerprint density at radius 3 is 3.04 bits per heavy atom. The number of aryl methyl sites for hydroxylation is 2. The van der Waals surface area contributed by atoms with Crippen LogP contribution in [0.15, 0.2) is 22.6 Å². The Morgan fingerprint density at radius 2 is 2.35 bits per heavy atom. The fourth-order valence-corrected chi connectivity index (χ4v) is 5.06. The lowest BCUT2D eigenvalue weighted by atomic mass is 10.2. The molecular weight excluding hydrogens is 332 g/mol. The molecule has 1 atom stereocenters. The first-order valence-electron chi connectivity index (χ1n) is 7.47. The summed E-state index contributed by atoms with van der Waals surface area (Å²) in [5.41, 5.74) is 1.13. The van der Waals surface area contributed by atoms with Gasteiger partial charge in [0.15, 0.2) is 5.16 Å². The van der Waals surface area contributed by atoms with E-state index in [0.717, 1.165) is 35.0 Å². The number of esters is 1. The van der Waals surface area contributed by atoms with Crippen molar-refractivity contribution in [3.8, 4) is 0 Å². The van der Waals surface area contributed by atoms with Crippen molar-refractivity contribution in [2.75, 3.05) is 7.11 Å². The molecule has 1 aliphatic carbocycles. The molecule has 0 aliphatic heterocycles. The van der Waals surface area contributed by atoms with Gasteiger partial charge in [-0.2, -0.15) is 0 Å². The van der Waals surface area contributed by atoms with Gasteiger partial charge >= 0.3 is 5.97 Å². The predicted molar refractivity (Wildman–Crippen MR) is 93.4 cm³/mol. The van der Waals surface area contributed by atoms with Crippen LogP contribution in [-0.4, -0.2) is 27.9 Å². The van der Waals surface area contributed by atoms with E-state index in [-0.39, 0.29) is 11.5 Å². The van der Waals surface area contributed by atoms with E-state index in [0.29, 0.717) is 11.7 Å². The molecule has 2 aromatic heterocycles. The third-order valence-electron chi connectivity index (χ3n) is 3.92. The fourth-order valence-electron chi connectivity index (χ4n) is 2.81. The molecule has 23 heavy (non-hydrogen) atoms. The van der Waals surface area contributed by atoms with Gasteiger partial charge in [0.05, 0.1) is 12.5 Å². The van der Waals surface area contributed by atoms with Crippen molar-refractivity contribution in [3.05, 3.63) is 33.4 Å². The lowest BCUT2D eigenvalue weighted by Crippen LogP contribution is -2.24. The van der Waals surface area contributed by atoms with Crippen molar-refractivity contribution in [1.82, 2.24) is 9.55 Å². The van der Waals surface area contributed by atoms with Gasteiger partial charge in [0, 0.05) is 11.4 Å². The number of thioether (sulfide) groups is 1. The summed E-state index contributed by atoms with van der Waals surface area (Å²) in [5, 5.41) is 0.867. The number of allylic oxidation sites excluding steroid dienone is 1. The predicted octanol–water partition coefficient (Wildman–Crippen LogP) is 2.79. The van der Waals surface area contributed by atoms with Crippen molar-refractivity contribution in [3.63, 3.8) is 0 Å². The summed E-state index contributed by atoms with van der Waals surface area (Å²) in [5.74, 6) is -0.330. The van der Waals surface area contributed by atoms with Crippen molar-refractivity contribution in [2.45, 2.75) is 43.1 Å². The maximum Gasteiger partial charge on any atom is 0.318 e. The summed E-state index contributed by atoms with van der Waals surface area (Å²) in [6.45, 7) is 5.85. The second-order valence-electron chi connectivity index (χ2n) is 5.42. The molecule has 5 nitrogen and oxygen atoms in total. The molecule has 0 fully saturated rings. The highest BCUT2D eigenvalue weighted by Crippen LogP contribution is 2.36. The van der Waals surface area contributed by atoms with Gasteiger partial charge in [-0.3, -0.25) is 14.2 Å². The lowest BCUT2D eigenvalue weighted by Gasteiger charge is -2.13. The van der Waals surface area contributed by atoms with Gasteiger partial charge in [-0.25, -0.2) is 4.98 Å². The zero-order valence-electron chi connectivity index (χ0n) is 13.1. The van der Waals surface area contributed by atoms with E-state index in [1.807, 2.05) is 0 Å². The Bertz CT molecular complexity index is 838. The van der Waals surface area contributed by atoms with Crippen LogP contribution in [0.5, 0.6) is 0 Å². The molecule has 2 aromatic rings. The van der Waals surface area contributed by atoms with E-state index in [9.17, 15) is 9.59 Å². The zero-order chi connectivity index (χ0) is 16.6. The number of hydrogen-bond acceptors (Lipinski definition) is 6. The number of nitrogens with zero attached hydrogens (tertiary/aromatic N) is 2. The number of aromatic nitrogens is 2. The Kier molecular flexibility index (Phi) is 4.59. The van der Waals surface area contributed by atoms with Gasteiger partial charge in [0.2, 0.25) is 0 Å². The number of hydrogen-bond donors (Lipinski definition) is 0. The van der Waals surface area contributed by atoms with Crippen molar-refractivity contribution >= 4 is 39.3 Å². The van der Waals surface area contributed by atoms with Crippen molar-refractivity contribution < 1.29 is 9.53 Å². The van der Waals surface area contributed by atoms with Crippen LogP contribution < -0.4 is 5.56 Å². The van der Waals surface area contributed by atoms with Gasteiger partial charge in [0.1, 0.15) is 10.1 Å². The smallest absolute Gasteiger partial charge is 0.318 e. The number of fused-ring (bicyclic) bond motifs is 3. The van der Waals surface area contributed by atoms with Gasteiger partial charge < -0.3 is 4.74 Å². The number of ether oxygens (including phenoxy) is 1. The molecule has 1 aliphatic rings. The molecule has 7 heteroatoms. The monoisotopic (exact) mass is 350 g/mol. The summed E-state index contributed by atoms with van der Waals surface area (Å²) >= 11 is 2.85. The summed E-state index contributed by atoms with van der Waals surface area (Å²) in [7, 11) is 1.36. The number of methoxy groups -OCH3 is 1. The molecular formula is C16H18N2O3S2. The van der Waals surface area contributed by atoms with Gasteiger partial charge in [-0.05, 0) is 31.7 Å². The molecule has 0 aromatic carbocycles. The highest BCUT2D eigenvalue weighted by atomic mass is 32.2. The third-order valence-corrected chi connectivity index (χ3v) is 6.17. The van der Waals surface area contributed by atoms with E-state index in [1.165, 1.54) is 23.7 Å². The second kappa shape index (κ2) is 6.49. The summed E-state index contributed by atoms with van der Waals surface area (Å²) < 4.78 is 6.36. The molecule has 0 radical (unpaired) electrons. The molecule has 0 bridgehead atoms. The molecule has 2 heterocycles. The molecule has 0 saturated heterocycles. The molecule has 0 saturated carbocycles. The lowest BCUT2D eigenvalue weighted by molar-refractivity contribution is -0.139.